The molecule has 5 aromatic rings. The van der Waals surface area contributed by atoms with E-state index in [9.17, 15) is 58.2 Å². The van der Waals surface area contributed by atoms with E-state index in [0.717, 1.165) is 26.5 Å². The molecule has 0 bridgehead atoms. The molecule has 40 nitrogen and oxygen atoms in total. The van der Waals surface area contributed by atoms with Gasteiger partial charge in [-0.15, -0.1) is 11.8 Å². The Morgan fingerprint density at radius 2 is 1.01 bits per heavy atom. The van der Waals surface area contributed by atoms with Gasteiger partial charge in [0, 0.05) is 100.0 Å². The van der Waals surface area contributed by atoms with Gasteiger partial charge in [0.25, 0.3) is 0 Å². The number of aliphatic hydroxyl groups excluding tert-OH is 1. The molecule has 8 rings (SSSR count). The van der Waals surface area contributed by atoms with Gasteiger partial charge in [-0.05, 0) is 124 Å². The summed E-state index contributed by atoms with van der Waals surface area (Å²) in [7, 11) is 4.04. The Morgan fingerprint density at radius 1 is 0.500 bits per heavy atom. The number of carbonyl (C=O) groups is 17. The Bertz CT molecular complexity index is 4890. The number of aromatic hydroxyl groups is 1. The zero-order valence-corrected chi connectivity index (χ0v) is 77.7. The average molecular weight is 1860 g/mol. The number of nitrogens with zero attached hydrogens (tertiary/aromatic N) is 5. The summed E-state index contributed by atoms with van der Waals surface area (Å²) in [4.78, 5) is 262. The topological polar surface area (TPSA) is 603 Å². The van der Waals surface area contributed by atoms with Gasteiger partial charge in [-0.25, -0.2) is 0 Å². The number of phenols is 1. The van der Waals surface area contributed by atoms with Crippen LogP contribution in [0.15, 0.2) is 85.2 Å². The van der Waals surface area contributed by atoms with Crippen molar-refractivity contribution in [1.82, 2.24) is 87.6 Å². The highest BCUT2D eigenvalue weighted by atomic mass is 32.2. The number of likely N-dealkylation sites (N-methyl/N-ethyl adjacent to an activating group) is 3. The lowest BCUT2D eigenvalue weighted by molar-refractivity contribution is -0.149. The summed E-state index contributed by atoms with van der Waals surface area (Å²) in [6.45, 7) is 10.2. The Balaban J connectivity index is 1.20. The van der Waals surface area contributed by atoms with E-state index in [1.807, 2.05) is 26.0 Å². The van der Waals surface area contributed by atoms with Gasteiger partial charge in [-0.3, -0.25) is 81.5 Å². The number of H-pyrrole nitrogens is 2. The van der Waals surface area contributed by atoms with Crippen LogP contribution in [0.3, 0.4) is 0 Å². The van der Waals surface area contributed by atoms with Gasteiger partial charge >= 0.3 is 0 Å². The first kappa shape index (κ1) is 105. The Kier molecular flexibility index (Phi) is 40.1. The molecule has 3 saturated heterocycles. The van der Waals surface area contributed by atoms with Crippen molar-refractivity contribution in [3.05, 3.63) is 102 Å². The number of thioether (sulfide) groups is 1. The van der Waals surface area contributed by atoms with Crippen LogP contribution in [0.2, 0.25) is 0 Å². The van der Waals surface area contributed by atoms with Crippen LogP contribution in [0.1, 0.15) is 161 Å². The molecule has 722 valence electrons. The molecule has 3 aromatic carbocycles. The fourth-order valence-electron chi connectivity index (χ4n) is 16.7. The lowest BCUT2D eigenvalue weighted by atomic mass is 9.95. The minimum absolute atomic E-state index is 0.00351. The van der Waals surface area contributed by atoms with Gasteiger partial charge in [0.1, 0.15) is 90.3 Å². The van der Waals surface area contributed by atoms with Crippen LogP contribution in [-0.4, -0.2) is 301 Å². The standard InChI is InChI=1S/C91H133N21O19S/c1-11-13-15-26-74-91(131)109(9)71(25-14-12-2)84(124)101-63(37-50(3)4)81(121)107-70(79(119)98-46-76(95)116)48-132-49-77(117)99-66(39-53-28-30-56(113)31-29-53)87(127)108(8)52(7)78(118)103-68(42-75(94)115)89(129)111-36-20-27-72(111)85(125)106-69(43-93)83(123)104-65(38-51(5)6)90(130)112-47-57(114)32-33-73(112)86(126)102-64(40-54-44-96-60-23-18-16-21-58(54)60)82(122)100-62(34-35-92)80(120)105-67(88(128)110(74)10)41-55-45-97-61-24-19-17-22-59(55)61/h16-19,21-24,28-31,44-45,50-52,57,62-74,96-97,113-114H,11-15,20,25-27,32-43,46-49,92-93H2,1-10H3,(H2,94,115)(H2,95,116)(H,98,119)(H,99,117)(H,100,122)(H,101,124)(H,102,126)(H,103,118)(H,104,123)(H,105,120)(H,106,125)(H,107,121)/t52-,57-,62-,63-,64-,65-,66-,67-,68-,69-,70-,71-,72-,73-,74-/m0/s1. The summed E-state index contributed by atoms with van der Waals surface area (Å²) in [6, 6.07) is -0.741. The summed E-state index contributed by atoms with van der Waals surface area (Å²) in [6.07, 6.45) is 3.03. The Hall–Kier alpha value is -12.2. The number of aromatic amines is 2. The number of benzene rings is 3. The molecule has 3 aliphatic heterocycles. The Labute approximate surface area is 772 Å². The monoisotopic (exact) mass is 1860 g/mol. The molecule has 15 atom stereocenters. The van der Waals surface area contributed by atoms with Crippen molar-refractivity contribution in [2.45, 2.75) is 255 Å². The van der Waals surface area contributed by atoms with E-state index >= 15 is 33.6 Å². The largest absolute Gasteiger partial charge is 0.508 e. The molecule has 5 heterocycles. The van der Waals surface area contributed by atoms with E-state index in [1.165, 1.54) is 62.1 Å². The van der Waals surface area contributed by atoms with Crippen LogP contribution in [0.25, 0.3) is 21.8 Å². The number of para-hydroxylation sites is 2. The Morgan fingerprint density at radius 3 is 1.61 bits per heavy atom. The number of hydrogen-bond donors (Lipinski definition) is 18. The lowest BCUT2D eigenvalue weighted by Gasteiger charge is -2.40. The highest BCUT2D eigenvalue weighted by Gasteiger charge is 2.46. The second kappa shape index (κ2) is 50.4. The van der Waals surface area contributed by atoms with E-state index < -0.39 is 223 Å². The number of aromatic nitrogens is 2. The molecule has 0 aliphatic carbocycles. The molecule has 3 aliphatic rings. The van der Waals surface area contributed by atoms with Crippen molar-refractivity contribution in [2.24, 2.45) is 34.8 Å². The smallest absolute Gasteiger partial charge is 0.246 e. The number of carbonyl (C=O) groups excluding carboxylic acids is 17. The molecule has 22 N–H and O–H groups in total. The molecule has 0 saturated carbocycles. The summed E-state index contributed by atoms with van der Waals surface area (Å²) < 4.78 is 0. The van der Waals surface area contributed by atoms with E-state index in [4.69, 9.17) is 22.9 Å². The third kappa shape index (κ3) is 29.4. The fraction of sp³-hybridized carbons (Fsp3) is 0.571. The summed E-state index contributed by atoms with van der Waals surface area (Å²) in [5.74, 6) is -16.8. The van der Waals surface area contributed by atoms with Gasteiger partial charge in [0.2, 0.25) is 100 Å². The van der Waals surface area contributed by atoms with Crippen LogP contribution in [0.5, 0.6) is 5.75 Å². The van der Waals surface area contributed by atoms with E-state index in [0.29, 0.717) is 70.6 Å². The second-order valence-corrected chi connectivity index (χ2v) is 36.2. The fourth-order valence-corrected chi connectivity index (χ4v) is 17.6. The number of nitrogens with two attached hydrogens (primary N) is 4. The molecule has 132 heavy (non-hydrogen) atoms. The highest BCUT2D eigenvalue weighted by Crippen LogP contribution is 2.28. The molecule has 2 aromatic heterocycles. The summed E-state index contributed by atoms with van der Waals surface area (Å²) in [5.41, 5.74) is 26.5. The zero-order valence-electron chi connectivity index (χ0n) is 76.9. The molecular weight excluding hydrogens is 1720 g/mol. The predicted octanol–water partition coefficient (Wildman–Crippen LogP) is -1.02. The first-order valence-corrected chi connectivity index (χ1v) is 46.4. The average Bonchev–Trinajstić information content (AvgIpc) is 1.10. The number of rotatable bonds is 25. The van der Waals surface area contributed by atoms with Crippen molar-refractivity contribution in [2.75, 3.05) is 65.4 Å². The number of piperidine rings is 1. The van der Waals surface area contributed by atoms with Crippen molar-refractivity contribution in [1.29, 1.82) is 0 Å². The number of unbranched alkanes of at least 4 members (excludes halogenated alkanes) is 3. The van der Waals surface area contributed by atoms with Crippen LogP contribution in [0.4, 0.5) is 0 Å². The SMILES string of the molecule is CCCCC[C@H]1C(=O)N(C)[C@@H](CCCC)C(=O)N[C@@H](CC(C)C)C(=O)N[C@H](C(=O)NCC(N)=O)CSCC(=O)N[C@@H](Cc2ccc(O)cc2)C(=O)N(C)[C@@H](C)C(=O)N[C@@H](CC(N)=O)C(=O)N2CCC[C@H]2C(=O)N[C@@H](CN)C(=O)N[C@@H](CC(C)C)C(=O)N2C[C@@H](O)CC[C@H]2C(=O)N[C@@H](Cc2c[nH]c3ccccc23)C(=O)N[C@@H](CCN)C(=O)N[C@@H](Cc2c[nH]c3ccccc23)C(=O)N1C. The van der Waals surface area contributed by atoms with Crippen LogP contribution in [0, 0.1) is 11.8 Å². The number of amides is 17. The second-order valence-electron chi connectivity index (χ2n) is 35.2. The maximum Gasteiger partial charge on any atom is 0.246 e. The molecular formula is C91H133N21O19S. The normalized spacial score (nSPS) is 25.3. The van der Waals surface area contributed by atoms with Gasteiger partial charge in [0.05, 0.1) is 24.8 Å². The molecule has 41 heteroatoms. The quantitative estimate of drug-likeness (QED) is 0.0311. The van der Waals surface area contributed by atoms with Crippen molar-refractivity contribution < 1.29 is 91.7 Å². The molecule has 0 spiro atoms. The minimum atomic E-state index is -1.76. The van der Waals surface area contributed by atoms with E-state index in [2.05, 4.69) is 63.1 Å². The lowest BCUT2D eigenvalue weighted by Crippen LogP contribution is -2.64. The van der Waals surface area contributed by atoms with Gasteiger partial charge in [-0.2, -0.15) is 0 Å². The number of primary amides is 2. The van der Waals surface area contributed by atoms with Crippen LogP contribution >= 0.6 is 11.8 Å². The predicted molar refractivity (Wildman–Crippen MR) is 493 cm³/mol. The first-order valence-electron chi connectivity index (χ1n) is 45.3. The molecule has 0 unspecified atom stereocenters. The first-order chi connectivity index (χ1) is 62.8. The van der Waals surface area contributed by atoms with Gasteiger partial charge < -0.3 is 121 Å². The molecule has 0 radical (unpaired) electrons. The van der Waals surface area contributed by atoms with Crippen molar-refractivity contribution >= 4 is 134 Å². The zero-order chi connectivity index (χ0) is 96.9. The third-order valence-corrected chi connectivity index (χ3v) is 25.1. The van der Waals surface area contributed by atoms with Gasteiger partial charge in [-0.1, -0.05) is 122 Å². The van der Waals surface area contributed by atoms with Crippen LogP contribution < -0.4 is 76.1 Å². The number of hydrogen-bond acceptors (Lipinski definition) is 22. The van der Waals surface area contributed by atoms with E-state index in [-0.39, 0.29) is 113 Å². The minimum Gasteiger partial charge on any atom is -0.508 e. The highest BCUT2D eigenvalue weighted by molar-refractivity contribution is 8.00. The third-order valence-electron chi connectivity index (χ3n) is 24.1. The summed E-state index contributed by atoms with van der Waals surface area (Å²) >= 11 is 0.804. The van der Waals surface area contributed by atoms with Crippen molar-refractivity contribution in [3.8, 4) is 5.75 Å². The maximum absolute atomic E-state index is 15.9. The number of phenolic OH excluding ortho intramolecular Hbond substituents is 1. The van der Waals surface area contributed by atoms with Crippen molar-refractivity contribution in [3.63, 3.8) is 0 Å². The van der Waals surface area contributed by atoms with Crippen LogP contribution in [-0.2, 0) is 101 Å². The maximum atomic E-state index is 15.9. The van der Waals surface area contributed by atoms with Gasteiger partial charge in [0.15, 0.2) is 0 Å². The van der Waals surface area contributed by atoms with E-state index in [1.54, 1.807) is 76.5 Å². The number of aliphatic hydroxyl groups is 1. The summed E-state index contributed by atoms with van der Waals surface area (Å²) in [5, 5.41) is 49.8. The number of nitrogens with one attached hydrogen (secondary N) is 12. The number of fused-ring (bicyclic) bond motifs is 4. The molecule has 17 amide bonds. The molecule has 3 fully saturated rings.